The largest absolute Gasteiger partial charge is 0.388 e. The van der Waals surface area contributed by atoms with Gasteiger partial charge in [-0.2, -0.15) is 0 Å². The molecule has 2 atom stereocenters. The zero-order valence-electron chi connectivity index (χ0n) is 12.2. The van der Waals surface area contributed by atoms with Gasteiger partial charge in [-0.05, 0) is 31.2 Å². The van der Waals surface area contributed by atoms with Gasteiger partial charge in [0.1, 0.15) is 6.10 Å². The summed E-state index contributed by atoms with van der Waals surface area (Å²) in [5, 5.41) is 9.69. The van der Waals surface area contributed by atoms with Crippen molar-refractivity contribution < 1.29 is 14.6 Å². The van der Waals surface area contributed by atoms with Crippen LogP contribution in [-0.2, 0) is 15.9 Å². The molecule has 1 fully saturated rings. The molecule has 112 valence electrons. The molecule has 0 aromatic heterocycles. The minimum absolute atomic E-state index is 0.0203. The minimum Gasteiger partial charge on any atom is -0.388 e. The molecule has 0 saturated carbocycles. The summed E-state index contributed by atoms with van der Waals surface area (Å²) in [6.07, 6.45) is 6.29. The van der Waals surface area contributed by atoms with Gasteiger partial charge in [-0.1, -0.05) is 43.2 Å². The Balaban J connectivity index is 1.45. The predicted molar refractivity (Wildman–Crippen MR) is 79.8 cm³/mol. The zero-order chi connectivity index (χ0) is 14.0. The average molecular weight is 278 g/mol. The molecule has 1 saturated heterocycles. The lowest BCUT2D eigenvalue weighted by molar-refractivity contribution is -0.114. The number of rotatable bonds is 8. The van der Waals surface area contributed by atoms with E-state index in [-0.39, 0.29) is 6.10 Å². The third-order valence-electron chi connectivity index (χ3n) is 3.80. The summed E-state index contributed by atoms with van der Waals surface area (Å²) in [7, 11) is 0. The molecule has 1 aliphatic heterocycles. The van der Waals surface area contributed by atoms with E-state index < -0.39 is 6.10 Å². The van der Waals surface area contributed by atoms with Gasteiger partial charge in [-0.25, -0.2) is 0 Å². The monoisotopic (exact) mass is 278 g/mol. The Hall–Kier alpha value is -0.900. The first-order valence-corrected chi connectivity index (χ1v) is 7.77. The van der Waals surface area contributed by atoms with Crippen LogP contribution < -0.4 is 0 Å². The molecule has 0 bridgehead atoms. The van der Waals surface area contributed by atoms with Gasteiger partial charge in [0.05, 0.1) is 12.7 Å². The van der Waals surface area contributed by atoms with Gasteiger partial charge in [0, 0.05) is 13.2 Å². The van der Waals surface area contributed by atoms with E-state index in [1.807, 2.05) is 0 Å². The molecule has 3 nitrogen and oxygen atoms in total. The van der Waals surface area contributed by atoms with Crippen LogP contribution in [0.5, 0.6) is 0 Å². The van der Waals surface area contributed by atoms with Crippen molar-refractivity contribution in [3.05, 3.63) is 35.9 Å². The Labute approximate surface area is 121 Å². The molecule has 1 aromatic rings. The molecule has 2 rings (SSSR count). The predicted octanol–water partition coefficient (Wildman–Crippen LogP) is 2.96. The van der Waals surface area contributed by atoms with Gasteiger partial charge in [-0.3, -0.25) is 0 Å². The van der Waals surface area contributed by atoms with Crippen LogP contribution in [0.4, 0.5) is 0 Å². The number of benzene rings is 1. The van der Waals surface area contributed by atoms with Crippen molar-refractivity contribution in [2.24, 2.45) is 0 Å². The maximum Gasteiger partial charge on any atom is 0.103 e. The fraction of sp³-hybridized carbons (Fsp3) is 0.647. The van der Waals surface area contributed by atoms with E-state index in [0.29, 0.717) is 13.2 Å². The number of unbranched alkanes of at least 4 members (excludes halogenated alkanes) is 3. The first-order chi connectivity index (χ1) is 9.86. The Kier molecular flexibility index (Phi) is 7.06. The Bertz CT molecular complexity index is 353. The lowest BCUT2D eigenvalue weighted by Gasteiger charge is -2.27. The van der Waals surface area contributed by atoms with Crippen LogP contribution in [0.3, 0.4) is 0 Å². The Morgan fingerprint density at radius 2 is 1.90 bits per heavy atom. The molecule has 3 heteroatoms. The van der Waals surface area contributed by atoms with Crippen LogP contribution in [0.15, 0.2) is 30.3 Å². The summed E-state index contributed by atoms with van der Waals surface area (Å²) in [5.74, 6) is 0. The normalized spacial score (nSPS) is 22.9. The van der Waals surface area contributed by atoms with Gasteiger partial charge < -0.3 is 14.6 Å². The van der Waals surface area contributed by atoms with Crippen LogP contribution in [0.1, 0.15) is 37.7 Å². The van der Waals surface area contributed by atoms with Crippen molar-refractivity contribution in [3.8, 4) is 0 Å². The summed E-state index contributed by atoms with van der Waals surface area (Å²) in [5.41, 5.74) is 1.43. The quantitative estimate of drug-likeness (QED) is 0.743. The first kappa shape index (κ1) is 15.5. The SMILES string of the molecule is OC1COCCC1OCCCCCCc1ccccc1. The van der Waals surface area contributed by atoms with Crippen molar-refractivity contribution in [2.75, 3.05) is 19.8 Å². The Morgan fingerprint density at radius 3 is 2.70 bits per heavy atom. The number of hydrogen-bond donors (Lipinski definition) is 1. The highest BCUT2D eigenvalue weighted by Crippen LogP contribution is 2.13. The molecule has 1 aliphatic rings. The summed E-state index contributed by atoms with van der Waals surface area (Å²) in [4.78, 5) is 0. The van der Waals surface area contributed by atoms with E-state index in [1.54, 1.807) is 0 Å². The molecule has 0 aliphatic carbocycles. The fourth-order valence-corrected chi connectivity index (χ4v) is 2.56. The van der Waals surface area contributed by atoms with Crippen LogP contribution in [0.2, 0.25) is 0 Å². The maximum absolute atomic E-state index is 9.69. The van der Waals surface area contributed by atoms with Crippen molar-refractivity contribution in [1.82, 2.24) is 0 Å². The highest BCUT2D eigenvalue weighted by atomic mass is 16.5. The van der Waals surface area contributed by atoms with E-state index in [9.17, 15) is 5.11 Å². The van der Waals surface area contributed by atoms with E-state index in [2.05, 4.69) is 30.3 Å². The topological polar surface area (TPSA) is 38.7 Å². The van der Waals surface area contributed by atoms with E-state index in [1.165, 1.54) is 31.2 Å². The van der Waals surface area contributed by atoms with Crippen LogP contribution in [0.25, 0.3) is 0 Å². The number of aliphatic hydroxyl groups excluding tert-OH is 1. The molecule has 1 heterocycles. The number of aryl methyl sites for hydroxylation is 1. The minimum atomic E-state index is -0.443. The molecular formula is C17H26O3. The number of hydrogen-bond acceptors (Lipinski definition) is 3. The average Bonchev–Trinajstić information content (AvgIpc) is 2.49. The molecule has 0 amide bonds. The smallest absolute Gasteiger partial charge is 0.103 e. The van der Waals surface area contributed by atoms with E-state index >= 15 is 0 Å². The van der Waals surface area contributed by atoms with Gasteiger partial charge in [0.25, 0.3) is 0 Å². The van der Waals surface area contributed by atoms with Crippen LogP contribution in [0, 0.1) is 0 Å². The highest BCUT2D eigenvalue weighted by Gasteiger charge is 2.23. The first-order valence-electron chi connectivity index (χ1n) is 7.77. The molecule has 2 unspecified atom stereocenters. The van der Waals surface area contributed by atoms with Crippen LogP contribution >= 0.6 is 0 Å². The highest BCUT2D eigenvalue weighted by molar-refractivity contribution is 5.14. The van der Waals surface area contributed by atoms with Gasteiger partial charge in [0.2, 0.25) is 0 Å². The fourth-order valence-electron chi connectivity index (χ4n) is 2.56. The second-order valence-corrected chi connectivity index (χ2v) is 5.49. The molecular weight excluding hydrogens is 252 g/mol. The zero-order valence-corrected chi connectivity index (χ0v) is 12.2. The Morgan fingerprint density at radius 1 is 1.10 bits per heavy atom. The van der Waals surface area contributed by atoms with E-state index in [0.717, 1.165) is 19.4 Å². The third kappa shape index (κ3) is 5.61. The van der Waals surface area contributed by atoms with Crippen molar-refractivity contribution in [2.45, 2.75) is 50.7 Å². The standard InChI is InChI=1S/C17H26O3/c18-16-14-19-13-11-17(16)20-12-7-2-1-4-8-15-9-5-3-6-10-15/h3,5-6,9-10,16-18H,1-2,4,7-8,11-14H2. The van der Waals surface area contributed by atoms with Crippen molar-refractivity contribution in [3.63, 3.8) is 0 Å². The summed E-state index contributed by atoms with van der Waals surface area (Å²) < 4.78 is 10.9. The summed E-state index contributed by atoms with van der Waals surface area (Å²) in [6.45, 7) is 1.88. The second-order valence-electron chi connectivity index (χ2n) is 5.49. The van der Waals surface area contributed by atoms with Gasteiger partial charge >= 0.3 is 0 Å². The molecule has 0 radical (unpaired) electrons. The lowest BCUT2D eigenvalue weighted by atomic mass is 10.1. The summed E-state index contributed by atoms with van der Waals surface area (Å²) in [6, 6.07) is 10.6. The molecule has 1 aromatic carbocycles. The van der Waals surface area contributed by atoms with Crippen LogP contribution in [-0.4, -0.2) is 37.1 Å². The van der Waals surface area contributed by atoms with Gasteiger partial charge in [0.15, 0.2) is 0 Å². The maximum atomic E-state index is 9.69. The lowest BCUT2D eigenvalue weighted by Crippen LogP contribution is -2.38. The van der Waals surface area contributed by atoms with Crippen molar-refractivity contribution >= 4 is 0 Å². The summed E-state index contributed by atoms with van der Waals surface area (Å²) >= 11 is 0. The number of ether oxygens (including phenoxy) is 2. The molecule has 0 spiro atoms. The van der Waals surface area contributed by atoms with Gasteiger partial charge in [-0.15, -0.1) is 0 Å². The third-order valence-corrected chi connectivity index (χ3v) is 3.80. The second kappa shape index (κ2) is 9.11. The number of aliphatic hydroxyl groups is 1. The molecule has 20 heavy (non-hydrogen) atoms. The van der Waals surface area contributed by atoms with E-state index in [4.69, 9.17) is 9.47 Å². The molecule has 1 N–H and O–H groups in total. The van der Waals surface area contributed by atoms with Crippen molar-refractivity contribution in [1.29, 1.82) is 0 Å².